The van der Waals surface area contributed by atoms with Crippen molar-refractivity contribution in [3.63, 3.8) is 0 Å². The van der Waals surface area contributed by atoms with E-state index in [2.05, 4.69) is 24.4 Å². The summed E-state index contributed by atoms with van der Waals surface area (Å²) in [5.41, 5.74) is 1.64. The molecule has 0 fully saturated rings. The highest BCUT2D eigenvalue weighted by Crippen LogP contribution is 2.26. The van der Waals surface area contributed by atoms with Crippen LogP contribution in [0.4, 0.5) is 0 Å². The van der Waals surface area contributed by atoms with E-state index in [4.69, 9.17) is 9.47 Å². The number of hydrogen-bond donors (Lipinski definition) is 1. The second kappa shape index (κ2) is 10.2. The molecular weight excluding hydrogens is 318 g/mol. The highest BCUT2D eigenvalue weighted by molar-refractivity contribution is 5.77. The Morgan fingerprint density at radius 1 is 1.12 bits per heavy atom. The van der Waals surface area contributed by atoms with Gasteiger partial charge in [0.25, 0.3) is 0 Å². The summed E-state index contributed by atoms with van der Waals surface area (Å²) in [6.45, 7) is 10.6. The van der Waals surface area contributed by atoms with Crippen molar-refractivity contribution in [3.8, 4) is 0 Å². The molecule has 1 aromatic carbocycles. The normalized spacial score (nSPS) is 12.5. The van der Waals surface area contributed by atoms with Crippen LogP contribution >= 0.6 is 0 Å². The summed E-state index contributed by atoms with van der Waals surface area (Å²) in [6, 6.07) is 7.97. The second-order valence-corrected chi connectivity index (χ2v) is 6.63. The molecule has 0 radical (unpaired) electrons. The maximum Gasteiger partial charge on any atom is 0.313 e. The Kier molecular flexibility index (Phi) is 8.62. The quantitative estimate of drug-likeness (QED) is 0.658. The summed E-state index contributed by atoms with van der Waals surface area (Å²) < 4.78 is 10.2. The predicted octanol–water partition coefficient (Wildman–Crippen LogP) is 3.04. The SMILES string of the molecule is CCOC(=O)CCNC(Cc1ccccc1C)C(C)(C)C(=O)OCC. The van der Waals surface area contributed by atoms with Crippen LogP contribution in [-0.4, -0.2) is 37.7 Å². The third kappa shape index (κ3) is 6.50. The van der Waals surface area contributed by atoms with Gasteiger partial charge in [-0.05, 0) is 52.2 Å². The predicted molar refractivity (Wildman–Crippen MR) is 98.3 cm³/mol. The molecule has 0 aromatic heterocycles. The number of hydrogen-bond acceptors (Lipinski definition) is 5. The van der Waals surface area contributed by atoms with E-state index in [-0.39, 0.29) is 24.4 Å². The van der Waals surface area contributed by atoms with Gasteiger partial charge in [0.15, 0.2) is 0 Å². The first kappa shape index (κ1) is 21.2. The molecule has 0 spiro atoms. The fraction of sp³-hybridized carbons (Fsp3) is 0.600. The molecule has 0 aliphatic rings. The van der Waals surface area contributed by atoms with Gasteiger partial charge in [0, 0.05) is 12.6 Å². The van der Waals surface area contributed by atoms with Gasteiger partial charge in [-0.3, -0.25) is 9.59 Å². The van der Waals surface area contributed by atoms with Crippen molar-refractivity contribution >= 4 is 11.9 Å². The highest BCUT2D eigenvalue weighted by atomic mass is 16.5. The van der Waals surface area contributed by atoms with Gasteiger partial charge >= 0.3 is 11.9 Å². The molecule has 140 valence electrons. The van der Waals surface area contributed by atoms with E-state index >= 15 is 0 Å². The van der Waals surface area contributed by atoms with E-state index in [1.54, 1.807) is 13.8 Å². The first-order chi connectivity index (χ1) is 11.8. The monoisotopic (exact) mass is 349 g/mol. The van der Waals surface area contributed by atoms with Crippen molar-refractivity contribution in [1.29, 1.82) is 0 Å². The molecule has 1 N–H and O–H groups in total. The fourth-order valence-electron chi connectivity index (χ4n) is 2.68. The van der Waals surface area contributed by atoms with Gasteiger partial charge in [-0.1, -0.05) is 24.3 Å². The van der Waals surface area contributed by atoms with Crippen LogP contribution in [0.1, 0.15) is 45.2 Å². The molecule has 0 saturated heterocycles. The minimum Gasteiger partial charge on any atom is -0.466 e. The molecule has 0 aliphatic heterocycles. The lowest BCUT2D eigenvalue weighted by molar-refractivity contribution is -0.155. The van der Waals surface area contributed by atoms with Crippen molar-refractivity contribution < 1.29 is 19.1 Å². The Morgan fingerprint density at radius 3 is 2.36 bits per heavy atom. The standard InChI is InChI=1S/C20H31NO4/c1-6-24-18(22)12-13-21-17(20(4,5)19(23)25-7-2)14-16-11-9-8-10-15(16)3/h8-11,17,21H,6-7,12-14H2,1-5H3. The zero-order valence-electron chi connectivity index (χ0n) is 16.1. The van der Waals surface area contributed by atoms with Gasteiger partial charge in [0.1, 0.15) is 0 Å². The zero-order valence-corrected chi connectivity index (χ0v) is 16.1. The zero-order chi connectivity index (χ0) is 18.9. The second-order valence-electron chi connectivity index (χ2n) is 6.63. The molecule has 0 amide bonds. The lowest BCUT2D eigenvalue weighted by Gasteiger charge is -2.33. The summed E-state index contributed by atoms with van der Waals surface area (Å²) >= 11 is 0. The van der Waals surface area contributed by atoms with Gasteiger partial charge < -0.3 is 14.8 Å². The summed E-state index contributed by atoms with van der Waals surface area (Å²) in [6.07, 6.45) is 0.957. The van der Waals surface area contributed by atoms with Crippen LogP contribution in [0.2, 0.25) is 0 Å². The number of carbonyl (C=O) groups excluding carboxylic acids is 2. The van der Waals surface area contributed by atoms with Gasteiger partial charge in [-0.2, -0.15) is 0 Å². The molecular formula is C20H31NO4. The Balaban J connectivity index is 2.87. The molecule has 5 nitrogen and oxygen atoms in total. The third-order valence-electron chi connectivity index (χ3n) is 4.38. The van der Waals surface area contributed by atoms with Crippen molar-refractivity contribution in [3.05, 3.63) is 35.4 Å². The van der Waals surface area contributed by atoms with Crippen LogP contribution in [0, 0.1) is 12.3 Å². The van der Waals surface area contributed by atoms with E-state index < -0.39 is 5.41 Å². The molecule has 1 unspecified atom stereocenters. The number of benzene rings is 1. The topological polar surface area (TPSA) is 64.6 Å². The Hall–Kier alpha value is -1.88. The van der Waals surface area contributed by atoms with Crippen LogP contribution in [-0.2, 0) is 25.5 Å². The highest BCUT2D eigenvalue weighted by Gasteiger charge is 2.38. The summed E-state index contributed by atoms with van der Waals surface area (Å²) in [5.74, 6) is -0.476. The molecule has 25 heavy (non-hydrogen) atoms. The third-order valence-corrected chi connectivity index (χ3v) is 4.38. The van der Waals surface area contributed by atoms with Gasteiger partial charge in [0.2, 0.25) is 0 Å². The van der Waals surface area contributed by atoms with Crippen molar-refractivity contribution in [1.82, 2.24) is 5.32 Å². The lowest BCUT2D eigenvalue weighted by atomic mass is 9.80. The first-order valence-corrected chi connectivity index (χ1v) is 8.93. The Bertz CT molecular complexity index is 569. The number of nitrogens with one attached hydrogen (secondary N) is 1. The molecule has 0 aliphatic carbocycles. The van der Waals surface area contributed by atoms with E-state index in [0.29, 0.717) is 26.2 Å². The molecule has 1 atom stereocenters. The average Bonchev–Trinajstić information content (AvgIpc) is 2.56. The molecule has 1 aromatic rings. The number of rotatable bonds is 10. The minimum atomic E-state index is -0.715. The van der Waals surface area contributed by atoms with Crippen LogP contribution in [0.3, 0.4) is 0 Å². The number of esters is 2. The molecule has 0 bridgehead atoms. The summed E-state index contributed by atoms with van der Waals surface area (Å²) in [5, 5.41) is 3.36. The van der Waals surface area contributed by atoms with Crippen LogP contribution in [0.5, 0.6) is 0 Å². The van der Waals surface area contributed by atoms with Crippen LogP contribution < -0.4 is 5.32 Å². The van der Waals surface area contributed by atoms with Crippen LogP contribution in [0.15, 0.2) is 24.3 Å². The maximum atomic E-state index is 12.4. The molecule has 1 rings (SSSR count). The van der Waals surface area contributed by atoms with Crippen molar-refractivity contribution in [2.24, 2.45) is 5.41 Å². The molecule has 0 heterocycles. The van der Waals surface area contributed by atoms with Crippen molar-refractivity contribution in [2.45, 2.75) is 53.5 Å². The lowest BCUT2D eigenvalue weighted by Crippen LogP contribution is -2.49. The smallest absolute Gasteiger partial charge is 0.313 e. The molecule has 5 heteroatoms. The number of carbonyl (C=O) groups is 2. The number of ether oxygens (including phenoxy) is 2. The Morgan fingerprint density at radius 2 is 1.76 bits per heavy atom. The average molecular weight is 349 g/mol. The molecule has 0 saturated carbocycles. The first-order valence-electron chi connectivity index (χ1n) is 8.93. The summed E-state index contributed by atoms with van der Waals surface area (Å²) in [7, 11) is 0. The minimum absolute atomic E-state index is 0.151. The van der Waals surface area contributed by atoms with Gasteiger partial charge in [-0.25, -0.2) is 0 Å². The largest absolute Gasteiger partial charge is 0.466 e. The van der Waals surface area contributed by atoms with E-state index in [0.717, 1.165) is 0 Å². The van der Waals surface area contributed by atoms with E-state index in [1.807, 2.05) is 26.0 Å². The van der Waals surface area contributed by atoms with Gasteiger partial charge in [-0.15, -0.1) is 0 Å². The van der Waals surface area contributed by atoms with E-state index in [1.165, 1.54) is 11.1 Å². The van der Waals surface area contributed by atoms with Crippen molar-refractivity contribution in [2.75, 3.05) is 19.8 Å². The maximum absolute atomic E-state index is 12.4. The number of aryl methyl sites for hydroxylation is 1. The van der Waals surface area contributed by atoms with Gasteiger partial charge in [0.05, 0.1) is 25.0 Å². The van der Waals surface area contributed by atoms with Crippen LogP contribution in [0.25, 0.3) is 0 Å². The summed E-state index contributed by atoms with van der Waals surface area (Å²) in [4.78, 5) is 24.0. The Labute approximate surface area is 151 Å². The van der Waals surface area contributed by atoms with E-state index in [9.17, 15) is 9.59 Å². The fourth-order valence-corrected chi connectivity index (χ4v) is 2.68.